The molecule has 0 aromatic heterocycles. The van der Waals surface area contributed by atoms with Gasteiger partial charge in [0.15, 0.2) is 0 Å². The Balaban J connectivity index is 3.28. The average molecular weight is 575 g/mol. The zero-order chi connectivity index (χ0) is 29.9. The number of carbonyl (C=O) groups excluding carboxylic acids is 1. The van der Waals surface area contributed by atoms with Crippen LogP contribution in [0.4, 0.5) is 0 Å². The molecule has 0 aromatic carbocycles. The van der Waals surface area contributed by atoms with Gasteiger partial charge in [0.25, 0.3) is 0 Å². The van der Waals surface area contributed by atoms with Crippen LogP contribution in [0.15, 0.2) is 48.6 Å². The van der Waals surface area contributed by atoms with Crippen molar-refractivity contribution in [2.24, 2.45) is 0 Å². The van der Waals surface area contributed by atoms with Crippen molar-refractivity contribution in [3.8, 4) is 0 Å². The van der Waals surface area contributed by atoms with E-state index in [1.807, 2.05) is 0 Å². The molecule has 1 unspecified atom stereocenters. The van der Waals surface area contributed by atoms with Gasteiger partial charge in [0.2, 0.25) is 0 Å². The van der Waals surface area contributed by atoms with Gasteiger partial charge in [-0.25, -0.2) is 0 Å². The van der Waals surface area contributed by atoms with E-state index in [2.05, 4.69) is 55.5 Å². The summed E-state index contributed by atoms with van der Waals surface area (Å²) in [5.41, 5.74) is 0. The third-order valence-corrected chi connectivity index (χ3v) is 7.38. The topological polar surface area (TPSA) is 66.8 Å². The summed E-state index contributed by atoms with van der Waals surface area (Å²) < 4.78 is 4.87. The summed E-state index contributed by atoms with van der Waals surface area (Å²) in [6.45, 7) is 1.75. The lowest BCUT2D eigenvalue weighted by Crippen LogP contribution is -2.21. The highest BCUT2D eigenvalue weighted by molar-refractivity contribution is 5.69. The van der Waals surface area contributed by atoms with Crippen molar-refractivity contribution in [3.05, 3.63) is 48.6 Å². The highest BCUT2D eigenvalue weighted by atomic mass is 16.5. The van der Waals surface area contributed by atoms with E-state index in [1.54, 1.807) is 0 Å². The molecule has 0 aliphatic heterocycles. The zero-order valence-corrected chi connectivity index (χ0v) is 26.8. The lowest BCUT2D eigenvalue weighted by Gasteiger charge is -2.07. The number of esters is 1. The van der Waals surface area contributed by atoms with E-state index in [9.17, 15) is 4.79 Å². The first kappa shape index (κ1) is 39.4. The predicted molar refractivity (Wildman–Crippen MR) is 177 cm³/mol. The summed E-state index contributed by atoms with van der Waals surface area (Å²) in [4.78, 5) is 11.5. The van der Waals surface area contributed by atoms with Crippen LogP contribution in [0.25, 0.3) is 0 Å². The van der Waals surface area contributed by atoms with Gasteiger partial charge in [-0.3, -0.25) is 4.79 Å². The van der Waals surface area contributed by atoms with Gasteiger partial charge in [0, 0.05) is 6.42 Å². The highest BCUT2D eigenvalue weighted by Gasteiger charge is 2.06. The summed E-state index contributed by atoms with van der Waals surface area (Å²) in [6, 6.07) is 0. The second-order valence-corrected chi connectivity index (χ2v) is 11.5. The molecule has 41 heavy (non-hydrogen) atoms. The van der Waals surface area contributed by atoms with Gasteiger partial charge in [-0.15, -0.1) is 0 Å². The minimum absolute atomic E-state index is 0.134. The van der Waals surface area contributed by atoms with Crippen molar-refractivity contribution >= 4 is 5.97 Å². The van der Waals surface area contributed by atoms with E-state index in [1.165, 1.54) is 128 Å². The zero-order valence-electron chi connectivity index (χ0n) is 26.8. The maximum atomic E-state index is 11.5. The number of aliphatic hydroxyl groups is 2. The fourth-order valence-electron chi connectivity index (χ4n) is 4.71. The maximum absolute atomic E-state index is 11.5. The van der Waals surface area contributed by atoms with Gasteiger partial charge in [0.05, 0.1) is 6.61 Å². The highest BCUT2D eigenvalue weighted by Crippen LogP contribution is 2.13. The van der Waals surface area contributed by atoms with E-state index >= 15 is 0 Å². The van der Waals surface area contributed by atoms with Crippen LogP contribution >= 0.6 is 0 Å². The molecule has 0 bridgehead atoms. The Morgan fingerprint density at radius 2 is 0.902 bits per heavy atom. The Hall–Kier alpha value is -1.65. The fourth-order valence-corrected chi connectivity index (χ4v) is 4.71. The minimum Gasteiger partial charge on any atom is -0.463 e. The first-order valence-corrected chi connectivity index (χ1v) is 17.3. The van der Waals surface area contributed by atoms with Crippen LogP contribution in [-0.2, 0) is 9.53 Å². The van der Waals surface area contributed by atoms with E-state index in [0.717, 1.165) is 19.3 Å². The standard InChI is InChI=1S/C37H66O4/c1-2-3-4-5-6-7-8-9-10-11-12-13-14-15-16-17-18-19-20-21-22-23-24-25-26-27-28-29-30-31-32-33-37(40)41-35-36(39)34-38/h9-12,27-30,36,38-39H,2-8,13-26,31-35H2,1H3. The van der Waals surface area contributed by atoms with Crippen LogP contribution in [0.3, 0.4) is 0 Å². The quantitative estimate of drug-likeness (QED) is 0.0491. The molecule has 0 fully saturated rings. The molecule has 0 saturated heterocycles. The van der Waals surface area contributed by atoms with Crippen LogP contribution in [-0.4, -0.2) is 35.5 Å². The monoisotopic (exact) mass is 574 g/mol. The molecule has 4 heteroatoms. The third kappa shape index (κ3) is 34.5. The molecule has 4 nitrogen and oxygen atoms in total. The molecule has 1 atom stereocenters. The van der Waals surface area contributed by atoms with Gasteiger partial charge in [0.1, 0.15) is 12.7 Å². The molecule has 0 spiro atoms. The Bertz CT molecular complexity index is 649. The SMILES string of the molecule is CCCCCCCCC=CC=CCCCCCCCCCCCCCCC=CC=CCCCC(=O)OCC(O)CO. The molecule has 0 aliphatic carbocycles. The molecule has 0 heterocycles. The summed E-state index contributed by atoms with van der Waals surface area (Å²) in [6.07, 6.45) is 46.9. The Kier molecular flexibility index (Phi) is 33.2. The van der Waals surface area contributed by atoms with Crippen LogP contribution in [0.2, 0.25) is 0 Å². The van der Waals surface area contributed by atoms with Crippen molar-refractivity contribution in [1.29, 1.82) is 0 Å². The number of allylic oxidation sites excluding steroid dienone is 8. The molecule has 0 saturated carbocycles. The number of hydrogen-bond acceptors (Lipinski definition) is 4. The van der Waals surface area contributed by atoms with Crippen molar-refractivity contribution < 1.29 is 19.7 Å². The normalized spacial score (nSPS) is 13.0. The number of unbranched alkanes of at least 4 members (excludes halogenated alkanes) is 20. The first-order valence-electron chi connectivity index (χ1n) is 17.3. The van der Waals surface area contributed by atoms with E-state index in [4.69, 9.17) is 14.9 Å². The van der Waals surface area contributed by atoms with E-state index < -0.39 is 6.10 Å². The number of rotatable bonds is 31. The molecule has 0 amide bonds. The predicted octanol–water partition coefficient (Wildman–Crippen LogP) is 10.5. The molecule has 238 valence electrons. The average Bonchev–Trinajstić information content (AvgIpc) is 2.98. The van der Waals surface area contributed by atoms with Crippen molar-refractivity contribution in [2.45, 2.75) is 167 Å². The van der Waals surface area contributed by atoms with Gasteiger partial charge in [-0.1, -0.05) is 152 Å². The van der Waals surface area contributed by atoms with E-state index in [-0.39, 0.29) is 19.2 Å². The van der Waals surface area contributed by atoms with Gasteiger partial charge in [-0.05, 0) is 51.4 Å². The van der Waals surface area contributed by atoms with Gasteiger partial charge in [-0.2, -0.15) is 0 Å². The van der Waals surface area contributed by atoms with E-state index in [0.29, 0.717) is 6.42 Å². The van der Waals surface area contributed by atoms with Crippen LogP contribution in [0.1, 0.15) is 161 Å². The summed E-state index contributed by atoms with van der Waals surface area (Å²) in [5.74, 6) is -0.326. The third-order valence-electron chi connectivity index (χ3n) is 7.38. The second-order valence-electron chi connectivity index (χ2n) is 11.5. The van der Waals surface area contributed by atoms with Crippen molar-refractivity contribution in [1.82, 2.24) is 0 Å². The van der Waals surface area contributed by atoms with Gasteiger partial charge < -0.3 is 14.9 Å². The maximum Gasteiger partial charge on any atom is 0.305 e. The largest absolute Gasteiger partial charge is 0.463 e. The molecular weight excluding hydrogens is 508 g/mol. The first-order chi connectivity index (χ1) is 20.2. The van der Waals surface area contributed by atoms with Crippen molar-refractivity contribution in [3.63, 3.8) is 0 Å². The molecule has 0 radical (unpaired) electrons. The summed E-state index contributed by atoms with van der Waals surface area (Å²) in [7, 11) is 0. The fraction of sp³-hybridized carbons (Fsp3) is 0.757. The number of aliphatic hydroxyl groups excluding tert-OH is 2. The Morgan fingerprint density at radius 1 is 0.561 bits per heavy atom. The lowest BCUT2D eigenvalue weighted by atomic mass is 10.0. The van der Waals surface area contributed by atoms with Gasteiger partial charge >= 0.3 is 5.97 Å². The Morgan fingerprint density at radius 3 is 1.27 bits per heavy atom. The van der Waals surface area contributed by atoms with Crippen molar-refractivity contribution in [2.75, 3.05) is 13.2 Å². The molecule has 2 N–H and O–H groups in total. The second kappa shape index (κ2) is 34.6. The number of hydrogen-bond donors (Lipinski definition) is 2. The lowest BCUT2D eigenvalue weighted by molar-refractivity contribution is -0.147. The minimum atomic E-state index is -0.982. The van der Waals surface area contributed by atoms with Crippen LogP contribution in [0, 0.1) is 0 Å². The summed E-state index contributed by atoms with van der Waals surface area (Å²) in [5, 5.41) is 17.8. The number of ether oxygens (including phenoxy) is 1. The Labute approximate surface area is 254 Å². The summed E-state index contributed by atoms with van der Waals surface area (Å²) >= 11 is 0. The number of carbonyl (C=O) groups is 1. The molecule has 0 aromatic rings. The molecular formula is C37H66O4. The molecule has 0 aliphatic rings. The van der Waals surface area contributed by atoms with Crippen LogP contribution < -0.4 is 0 Å². The van der Waals surface area contributed by atoms with Crippen LogP contribution in [0.5, 0.6) is 0 Å². The molecule has 0 rings (SSSR count). The smallest absolute Gasteiger partial charge is 0.305 e.